The summed E-state index contributed by atoms with van der Waals surface area (Å²) in [6.45, 7) is 5.51. The Hall–Kier alpha value is -0.790. The van der Waals surface area contributed by atoms with Crippen molar-refractivity contribution in [2.75, 3.05) is 6.54 Å². The number of halogens is 4. The molecule has 0 bridgehead atoms. The summed E-state index contributed by atoms with van der Waals surface area (Å²) in [6, 6.07) is 0. The molecule has 0 amide bonds. The molecule has 0 rings (SSSR count). The van der Waals surface area contributed by atoms with Gasteiger partial charge in [0.15, 0.2) is 0 Å². The van der Waals surface area contributed by atoms with Crippen LogP contribution in [0.4, 0.5) is 17.6 Å². The molecule has 0 aromatic rings. The Morgan fingerprint density at radius 1 is 1.40 bits per heavy atom. The van der Waals surface area contributed by atoms with Crippen LogP contribution in [0.1, 0.15) is 6.42 Å². The van der Waals surface area contributed by atoms with Gasteiger partial charge in [0.2, 0.25) is 6.54 Å². The van der Waals surface area contributed by atoms with E-state index < -0.39 is 25.3 Å². The van der Waals surface area contributed by atoms with E-state index >= 15 is 0 Å². The van der Waals surface area contributed by atoms with Crippen molar-refractivity contribution in [3.8, 4) is 0 Å². The van der Waals surface area contributed by atoms with Crippen LogP contribution in [0.5, 0.6) is 0 Å². The summed E-state index contributed by atoms with van der Waals surface area (Å²) in [7, 11) is 0. The van der Waals surface area contributed by atoms with E-state index in [1.54, 1.807) is 0 Å². The van der Waals surface area contributed by atoms with Crippen LogP contribution in [0.3, 0.4) is 0 Å². The zero-order chi connectivity index (χ0) is 8.20. The monoisotopic (exact) mass is 155 g/mol. The fourth-order valence-electron chi connectivity index (χ4n) is 0.314. The molecule has 0 atom stereocenters. The van der Waals surface area contributed by atoms with Gasteiger partial charge in [-0.25, -0.2) is 15.4 Å². The van der Waals surface area contributed by atoms with E-state index in [0.29, 0.717) is 0 Å². The SMILES string of the molecule is [C-]#[N+]CCC(F)(F)C(F)F. The van der Waals surface area contributed by atoms with Crippen molar-refractivity contribution in [1.29, 1.82) is 0 Å². The Labute approximate surface area is 55.5 Å². The van der Waals surface area contributed by atoms with Crippen LogP contribution in [-0.4, -0.2) is 18.9 Å². The molecule has 58 valence electrons. The molecule has 0 radical (unpaired) electrons. The molecular weight excluding hydrogens is 150 g/mol. The van der Waals surface area contributed by atoms with Crippen molar-refractivity contribution < 1.29 is 17.6 Å². The first-order chi connectivity index (χ1) is 4.50. The van der Waals surface area contributed by atoms with Crippen molar-refractivity contribution in [3.05, 3.63) is 11.4 Å². The minimum atomic E-state index is -4.00. The fourth-order valence-corrected chi connectivity index (χ4v) is 0.314. The van der Waals surface area contributed by atoms with E-state index in [-0.39, 0.29) is 0 Å². The predicted octanol–water partition coefficient (Wildman–Crippen LogP) is 2.20. The van der Waals surface area contributed by atoms with Gasteiger partial charge in [-0.15, -0.1) is 0 Å². The molecule has 0 unspecified atom stereocenters. The van der Waals surface area contributed by atoms with Crippen LogP contribution in [-0.2, 0) is 0 Å². The predicted molar refractivity (Wildman–Crippen MR) is 27.0 cm³/mol. The third-order valence-electron chi connectivity index (χ3n) is 0.876. The molecule has 0 heterocycles. The first-order valence-electron chi connectivity index (χ1n) is 2.50. The lowest BCUT2D eigenvalue weighted by molar-refractivity contribution is -0.130. The molecule has 0 spiro atoms. The Kier molecular flexibility index (Phi) is 3.13. The van der Waals surface area contributed by atoms with Crippen LogP contribution in [0, 0.1) is 6.57 Å². The lowest BCUT2D eigenvalue weighted by Crippen LogP contribution is -2.26. The molecule has 0 aliphatic carbocycles. The summed E-state index contributed by atoms with van der Waals surface area (Å²) in [4.78, 5) is 2.54. The second-order valence-electron chi connectivity index (χ2n) is 1.69. The normalized spacial score (nSPS) is 11.6. The zero-order valence-electron chi connectivity index (χ0n) is 4.95. The highest BCUT2D eigenvalue weighted by atomic mass is 19.3. The Morgan fingerprint density at radius 2 is 1.90 bits per heavy atom. The first-order valence-corrected chi connectivity index (χ1v) is 2.50. The number of alkyl halides is 4. The van der Waals surface area contributed by atoms with Gasteiger partial charge >= 0.3 is 12.3 Å². The highest BCUT2D eigenvalue weighted by molar-refractivity contribution is 4.73. The average Bonchev–Trinajstić information content (AvgIpc) is 1.84. The van der Waals surface area contributed by atoms with Gasteiger partial charge in [0.25, 0.3) is 0 Å². The number of hydrogen-bond donors (Lipinski definition) is 0. The molecule has 1 nitrogen and oxygen atoms in total. The molecule has 10 heavy (non-hydrogen) atoms. The summed E-state index contributed by atoms with van der Waals surface area (Å²) in [6.07, 6.45) is -4.72. The van der Waals surface area contributed by atoms with E-state index in [4.69, 9.17) is 6.57 Å². The zero-order valence-corrected chi connectivity index (χ0v) is 4.95. The quantitative estimate of drug-likeness (QED) is 0.434. The van der Waals surface area contributed by atoms with Crippen LogP contribution >= 0.6 is 0 Å². The minimum absolute atomic E-state index is 0.558. The van der Waals surface area contributed by atoms with E-state index in [2.05, 4.69) is 4.85 Å². The molecule has 5 heteroatoms. The lowest BCUT2D eigenvalue weighted by Gasteiger charge is -2.10. The van der Waals surface area contributed by atoms with E-state index in [9.17, 15) is 17.6 Å². The third-order valence-corrected chi connectivity index (χ3v) is 0.876. The van der Waals surface area contributed by atoms with Crippen LogP contribution in [0.25, 0.3) is 4.85 Å². The number of hydrogen-bond acceptors (Lipinski definition) is 0. The third kappa shape index (κ3) is 2.67. The van der Waals surface area contributed by atoms with E-state index in [1.165, 1.54) is 0 Å². The van der Waals surface area contributed by atoms with Crippen LogP contribution in [0.2, 0.25) is 0 Å². The Balaban J connectivity index is 3.77. The number of nitrogens with zero attached hydrogens (tertiary/aromatic N) is 1. The van der Waals surface area contributed by atoms with Gasteiger partial charge < -0.3 is 4.85 Å². The molecule has 0 aromatic heterocycles. The first kappa shape index (κ1) is 9.21. The lowest BCUT2D eigenvalue weighted by atomic mass is 10.2. The highest BCUT2D eigenvalue weighted by Crippen LogP contribution is 2.26. The van der Waals surface area contributed by atoms with E-state index in [1.807, 2.05) is 0 Å². The minimum Gasteiger partial charge on any atom is -0.317 e. The molecule has 0 aromatic carbocycles. The van der Waals surface area contributed by atoms with Crippen molar-refractivity contribution in [1.82, 2.24) is 0 Å². The maximum absolute atomic E-state index is 11.8. The molecule has 0 fully saturated rings. The van der Waals surface area contributed by atoms with Gasteiger partial charge in [-0.3, -0.25) is 0 Å². The van der Waals surface area contributed by atoms with Gasteiger partial charge in [-0.2, -0.15) is 8.78 Å². The van der Waals surface area contributed by atoms with E-state index in [0.717, 1.165) is 0 Å². The average molecular weight is 155 g/mol. The van der Waals surface area contributed by atoms with Crippen molar-refractivity contribution >= 4 is 0 Å². The van der Waals surface area contributed by atoms with Gasteiger partial charge in [0.05, 0.1) is 6.42 Å². The standard InChI is InChI=1S/C5H5F4N/c1-10-3-2-5(8,9)4(6)7/h4H,2-3H2. The van der Waals surface area contributed by atoms with Crippen LogP contribution < -0.4 is 0 Å². The molecule has 0 saturated heterocycles. The second-order valence-corrected chi connectivity index (χ2v) is 1.69. The molecule has 0 aliphatic rings. The topological polar surface area (TPSA) is 4.36 Å². The highest BCUT2D eigenvalue weighted by Gasteiger charge is 2.41. The molecule has 0 aliphatic heterocycles. The molecule has 0 saturated carbocycles. The van der Waals surface area contributed by atoms with Gasteiger partial charge in [0.1, 0.15) is 0 Å². The fraction of sp³-hybridized carbons (Fsp3) is 0.800. The Morgan fingerprint density at radius 3 is 2.20 bits per heavy atom. The summed E-state index contributed by atoms with van der Waals surface area (Å²) in [5.41, 5.74) is 0. The molecular formula is C5H5F4N. The number of rotatable bonds is 3. The smallest absolute Gasteiger partial charge is 0.314 e. The maximum Gasteiger partial charge on any atom is 0.314 e. The second kappa shape index (κ2) is 3.40. The van der Waals surface area contributed by atoms with Crippen LogP contribution in [0.15, 0.2) is 0 Å². The maximum atomic E-state index is 11.8. The van der Waals surface area contributed by atoms with Gasteiger partial charge in [-0.1, -0.05) is 0 Å². The summed E-state index contributed by atoms with van der Waals surface area (Å²) in [5, 5.41) is 0. The van der Waals surface area contributed by atoms with Crippen molar-refractivity contribution in [3.63, 3.8) is 0 Å². The molecule has 0 N–H and O–H groups in total. The van der Waals surface area contributed by atoms with Gasteiger partial charge in [-0.05, 0) is 0 Å². The summed E-state index contributed by atoms with van der Waals surface area (Å²) in [5.74, 6) is -4.00. The van der Waals surface area contributed by atoms with Crippen molar-refractivity contribution in [2.24, 2.45) is 0 Å². The van der Waals surface area contributed by atoms with Crippen molar-refractivity contribution in [2.45, 2.75) is 18.8 Å². The summed E-state index contributed by atoms with van der Waals surface area (Å²) < 4.78 is 46.2. The van der Waals surface area contributed by atoms with Gasteiger partial charge in [0, 0.05) is 0 Å². The largest absolute Gasteiger partial charge is 0.317 e. The Bertz CT molecular complexity index is 137. The summed E-state index contributed by atoms with van der Waals surface area (Å²) >= 11 is 0.